The van der Waals surface area contributed by atoms with Gasteiger partial charge in [0.05, 0.1) is 0 Å². The van der Waals surface area contributed by atoms with Crippen LogP contribution in [0.2, 0.25) is 0 Å². The average molecular weight is 223 g/mol. The van der Waals surface area contributed by atoms with Crippen LogP contribution in [0.4, 0.5) is 0 Å². The summed E-state index contributed by atoms with van der Waals surface area (Å²) in [5, 5.41) is 20.1. The molecule has 2 atom stereocenters. The van der Waals surface area contributed by atoms with E-state index in [0.717, 1.165) is 5.56 Å². The maximum atomic E-state index is 10.1. The molecule has 1 aromatic rings. The van der Waals surface area contributed by atoms with Crippen molar-refractivity contribution in [1.29, 1.82) is 0 Å². The van der Waals surface area contributed by atoms with Crippen LogP contribution in [0, 0.1) is 5.41 Å². The molecule has 0 saturated heterocycles. The van der Waals surface area contributed by atoms with Gasteiger partial charge in [-0.3, -0.25) is 4.90 Å². The third kappa shape index (κ3) is 3.04. The highest BCUT2D eigenvalue weighted by molar-refractivity contribution is 5.16. The lowest BCUT2D eigenvalue weighted by Gasteiger charge is -2.36. The summed E-state index contributed by atoms with van der Waals surface area (Å²) in [5.74, 6) is 0. The molecule has 16 heavy (non-hydrogen) atoms. The summed E-state index contributed by atoms with van der Waals surface area (Å²) >= 11 is 0. The zero-order chi connectivity index (χ0) is 12.3. The molecule has 0 spiro atoms. The highest BCUT2D eigenvalue weighted by atomic mass is 16.3. The Kier molecular flexibility index (Phi) is 4.08. The van der Waals surface area contributed by atoms with Crippen molar-refractivity contribution in [3.8, 4) is 0 Å². The summed E-state index contributed by atoms with van der Waals surface area (Å²) in [6.07, 6.45) is -1.47. The summed E-state index contributed by atoms with van der Waals surface area (Å²) in [6.45, 7) is 5.81. The molecule has 0 aliphatic carbocycles. The van der Waals surface area contributed by atoms with E-state index in [0.29, 0.717) is 0 Å². The third-order valence-corrected chi connectivity index (χ3v) is 2.64. The molecule has 1 rings (SSSR count). The fourth-order valence-corrected chi connectivity index (χ4v) is 1.60. The molecule has 0 bridgehead atoms. The van der Waals surface area contributed by atoms with E-state index in [-0.39, 0.29) is 5.41 Å². The minimum Gasteiger partial charge on any atom is -0.378 e. The fourth-order valence-electron chi connectivity index (χ4n) is 1.60. The van der Waals surface area contributed by atoms with Crippen LogP contribution in [0.1, 0.15) is 32.6 Å². The zero-order valence-electron chi connectivity index (χ0n) is 10.4. The molecule has 1 aromatic carbocycles. The maximum Gasteiger partial charge on any atom is 0.135 e. The average Bonchev–Trinajstić information content (AvgIpc) is 2.26. The van der Waals surface area contributed by atoms with Gasteiger partial charge in [0, 0.05) is 5.41 Å². The third-order valence-electron chi connectivity index (χ3n) is 2.64. The molecule has 3 nitrogen and oxygen atoms in total. The number of aliphatic hydroxyl groups excluding tert-OH is 2. The molecule has 3 heteroatoms. The van der Waals surface area contributed by atoms with Crippen molar-refractivity contribution >= 4 is 0 Å². The van der Waals surface area contributed by atoms with E-state index >= 15 is 0 Å². The Balaban J connectivity index is 2.79. The first-order valence-electron chi connectivity index (χ1n) is 5.47. The maximum absolute atomic E-state index is 10.1. The van der Waals surface area contributed by atoms with Gasteiger partial charge < -0.3 is 10.2 Å². The predicted molar refractivity (Wildman–Crippen MR) is 64.6 cm³/mol. The predicted octanol–water partition coefficient (Wildman–Crippen LogP) is 1.97. The second kappa shape index (κ2) is 4.95. The van der Waals surface area contributed by atoms with Crippen molar-refractivity contribution in [2.75, 3.05) is 7.05 Å². The Morgan fingerprint density at radius 1 is 1.06 bits per heavy atom. The molecular weight excluding hydrogens is 202 g/mol. The van der Waals surface area contributed by atoms with Gasteiger partial charge >= 0.3 is 0 Å². The molecule has 0 saturated carbocycles. The Morgan fingerprint density at radius 3 is 2.00 bits per heavy atom. The van der Waals surface area contributed by atoms with Gasteiger partial charge in [0.25, 0.3) is 0 Å². The van der Waals surface area contributed by atoms with Gasteiger partial charge in [0.1, 0.15) is 12.5 Å². The lowest BCUT2D eigenvalue weighted by molar-refractivity contribution is -0.133. The normalized spacial score (nSPS) is 16.2. The highest BCUT2D eigenvalue weighted by Gasteiger charge is 2.30. The van der Waals surface area contributed by atoms with Crippen molar-refractivity contribution < 1.29 is 10.2 Å². The standard InChI is InChI=1S/C13H21NO2/c1-13(2,3)12(16)14(4)11(15)10-8-6-5-7-9-10/h5-9,11-12,15-16H,1-4H3. The molecule has 90 valence electrons. The smallest absolute Gasteiger partial charge is 0.135 e. The van der Waals surface area contributed by atoms with E-state index < -0.39 is 12.5 Å². The largest absolute Gasteiger partial charge is 0.378 e. The van der Waals surface area contributed by atoms with E-state index in [1.165, 1.54) is 0 Å². The van der Waals surface area contributed by atoms with Crippen molar-refractivity contribution in [3.63, 3.8) is 0 Å². The highest BCUT2D eigenvalue weighted by Crippen LogP contribution is 2.26. The summed E-state index contributed by atoms with van der Waals surface area (Å²) in [7, 11) is 1.72. The van der Waals surface area contributed by atoms with Crippen LogP contribution in [0.25, 0.3) is 0 Å². The molecule has 0 radical (unpaired) electrons. The van der Waals surface area contributed by atoms with Gasteiger partial charge in [-0.05, 0) is 12.6 Å². The molecule has 0 heterocycles. The molecule has 2 unspecified atom stereocenters. The van der Waals surface area contributed by atoms with Gasteiger partial charge in [-0.1, -0.05) is 51.1 Å². The van der Waals surface area contributed by atoms with Crippen LogP contribution in [-0.4, -0.2) is 28.4 Å². The monoisotopic (exact) mass is 223 g/mol. The van der Waals surface area contributed by atoms with Crippen molar-refractivity contribution in [3.05, 3.63) is 35.9 Å². The Labute approximate surface area is 97.3 Å². The number of rotatable bonds is 3. The van der Waals surface area contributed by atoms with Crippen LogP contribution in [0.3, 0.4) is 0 Å². The minimum absolute atomic E-state index is 0.287. The fraction of sp³-hybridized carbons (Fsp3) is 0.538. The van der Waals surface area contributed by atoms with Crippen molar-refractivity contribution in [2.24, 2.45) is 5.41 Å². The van der Waals surface area contributed by atoms with Gasteiger partial charge in [-0.2, -0.15) is 0 Å². The van der Waals surface area contributed by atoms with E-state index in [9.17, 15) is 10.2 Å². The van der Waals surface area contributed by atoms with Crippen LogP contribution in [0.5, 0.6) is 0 Å². The Hall–Kier alpha value is -0.900. The molecule has 0 fully saturated rings. The quantitative estimate of drug-likeness (QED) is 0.770. The molecule has 2 N–H and O–H groups in total. The number of benzene rings is 1. The van der Waals surface area contributed by atoms with Gasteiger partial charge in [-0.15, -0.1) is 0 Å². The van der Waals surface area contributed by atoms with Crippen LogP contribution in [0.15, 0.2) is 30.3 Å². The molecular formula is C13H21NO2. The number of aliphatic hydroxyl groups is 2. The summed E-state index contributed by atoms with van der Waals surface area (Å²) < 4.78 is 0. The van der Waals surface area contributed by atoms with Gasteiger partial charge in [0.15, 0.2) is 0 Å². The number of hydrogen-bond acceptors (Lipinski definition) is 3. The van der Waals surface area contributed by atoms with Crippen LogP contribution >= 0.6 is 0 Å². The van der Waals surface area contributed by atoms with E-state index in [1.807, 2.05) is 51.1 Å². The second-order valence-electron chi connectivity index (χ2n) is 5.19. The summed E-state index contributed by atoms with van der Waals surface area (Å²) in [4.78, 5) is 1.56. The summed E-state index contributed by atoms with van der Waals surface area (Å²) in [5.41, 5.74) is 0.498. The first-order chi connectivity index (χ1) is 7.34. The van der Waals surface area contributed by atoms with Crippen LogP contribution < -0.4 is 0 Å². The molecule has 0 amide bonds. The van der Waals surface area contributed by atoms with Crippen molar-refractivity contribution in [1.82, 2.24) is 4.90 Å². The second-order valence-corrected chi connectivity index (χ2v) is 5.19. The van der Waals surface area contributed by atoms with E-state index in [4.69, 9.17) is 0 Å². The topological polar surface area (TPSA) is 43.7 Å². The molecule has 0 aliphatic heterocycles. The number of nitrogens with zero attached hydrogens (tertiary/aromatic N) is 1. The van der Waals surface area contributed by atoms with Gasteiger partial charge in [-0.25, -0.2) is 0 Å². The Bertz CT molecular complexity index is 318. The van der Waals surface area contributed by atoms with Gasteiger partial charge in [0.2, 0.25) is 0 Å². The van der Waals surface area contributed by atoms with E-state index in [2.05, 4.69) is 0 Å². The lowest BCUT2D eigenvalue weighted by atomic mass is 9.93. The first-order valence-corrected chi connectivity index (χ1v) is 5.47. The number of hydrogen-bond donors (Lipinski definition) is 2. The van der Waals surface area contributed by atoms with Crippen LogP contribution in [-0.2, 0) is 0 Å². The van der Waals surface area contributed by atoms with E-state index in [1.54, 1.807) is 11.9 Å². The molecule has 0 aromatic heterocycles. The van der Waals surface area contributed by atoms with Crippen molar-refractivity contribution in [2.45, 2.75) is 33.2 Å². The Morgan fingerprint density at radius 2 is 1.56 bits per heavy atom. The minimum atomic E-state index is -0.782. The first kappa shape index (κ1) is 13.2. The zero-order valence-corrected chi connectivity index (χ0v) is 10.4. The SMILES string of the molecule is CN(C(O)c1ccccc1)C(O)C(C)(C)C. The lowest BCUT2D eigenvalue weighted by Crippen LogP contribution is -2.43. The molecule has 0 aliphatic rings. The summed E-state index contributed by atoms with van der Waals surface area (Å²) in [6, 6.07) is 9.33.